The van der Waals surface area contributed by atoms with Gasteiger partial charge in [-0.15, -0.1) is 0 Å². The van der Waals surface area contributed by atoms with Crippen LogP contribution < -0.4 is 10.5 Å². The summed E-state index contributed by atoms with van der Waals surface area (Å²) >= 11 is 0. The first-order valence-electron chi connectivity index (χ1n) is 7.66. The Balaban J connectivity index is 0.000000774. The van der Waals surface area contributed by atoms with Gasteiger partial charge in [0, 0.05) is 17.7 Å². The second-order valence-corrected chi connectivity index (χ2v) is 4.97. The topological polar surface area (TPSA) is 48.1 Å². The molecular weight excluding hydrogens is 260 g/mol. The largest absolute Gasteiger partial charge is 0.481 e. The normalized spacial score (nSPS) is 13.3. The van der Waals surface area contributed by atoms with Crippen LogP contribution in [-0.4, -0.2) is 12.1 Å². The number of aromatic nitrogens is 1. The van der Waals surface area contributed by atoms with Crippen LogP contribution in [0.3, 0.4) is 0 Å². The maximum atomic E-state index is 5.61. The smallest absolute Gasteiger partial charge is 0.217 e. The van der Waals surface area contributed by atoms with Gasteiger partial charge in [-0.2, -0.15) is 0 Å². The number of hydrogen-bond acceptors (Lipinski definition) is 3. The molecule has 3 rings (SSSR count). The van der Waals surface area contributed by atoms with E-state index in [1.54, 1.807) is 7.11 Å². The highest BCUT2D eigenvalue weighted by molar-refractivity contribution is 5.61. The second-order valence-electron chi connectivity index (χ2n) is 4.97. The van der Waals surface area contributed by atoms with Crippen molar-refractivity contribution >= 4 is 0 Å². The molecule has 1 fully saturated rings. The van der Waals surface area contributed by atoms with Crippen LogP contribution in [0.1, 0.15) is 43.7 Å². The molecule has 2 N–H and O–H groups in total. The lowest BCUT2D eigenvalue weighted by molar-refractivity contribution is 0.393. The molecule has 0 atom stereocenters. The van der Waals surface area contributed by atoms with Gasteiger partial charge in [0.05, 0.1) is 12.8 Å². The summed E-state index contributed by atoms with van der Waals surface area (Å²) in [5.74, 6) is 1.42. The highest BCUT2D eigenvalue weighted by atomic mass is 16.5. The van der Waals surface area contributed by atoms with Crippen LogP contribution in [0.4, 0.5) is 0 Å². The van der Waals surface area contributed by atoms with Crippen LogP contribution in [0.25, 0.3) is 11.3 Å². The predicted molar refractivity (Wildman–Crippen MR) is 87.4 cm³/mol. The Morgan fingerprint density at radius 2 is 1.76 bits per heavy atom. The van der Waals surface area contributed by atoms with Crippen molar-refractivity contribution in [3.63, 3.8) is 0 Å². The van der Waals surface area contributed by atoms with Gasteiger partial charge in [0.25, 0.3) is 0 Å². The Morgan fingerprint density at radius 1 is 1.10 bits per heavy atom. The fourth-order valence-corrected chi connectivity index (χ4v) is 2.29. The summed E-state index contributed by atoms with van der Waals surface area (Å²) in [6, 6.07) is 12.4. The van der Waals surface area contributed by atoms with Crippen LogP contribution in [0.2, 0.25) is 0 Å². The van der Waals surface area contributed by atoms with Crippen LogP contribution in [0.15, 0.2) is 36.4 Å². The van der Waals surface area contributed by atoms with E-state index in [0.717, 1.165) is 22.7 Å². The van der Waals surface area contributed by atoms with Crippen LogP contribution >= 0.6 is 0 Å². The molecule has 21 heavy (non-hydrogen) atoms. The average Bonchev–Trinajstić information content (AvgIpc) is 3.41. The van der Waals surface area contributed by atoms with E-state index in [-0.39, 0.29) is 0 Å². The molecule has 0 amide bonds. The van der Waals surface area contributed by atoms with Crippen molar-refractivity contribution in [1.29, 1.82) is 0 Å². The molecule has 1 aromatic heterocycles. The molecule has 1 saturated carbocycles. The maximum absolute atomic E-state index is 5.61. The standard InChI is InChI=1S/C16H18N2O.C2H6/c1-19-16-14(12-6-7-12)8-9-15(18-16)13-4-2-11(10-17)3-5-13;1-2/h2-5,8-9,12H,6-7,10,17H2,1H3;1-2H3. The van der Waals surface area contributed by atoms with E-state index in [4.69, 9.17) is 10.5 Å². The van der Waals surface area contributed by atoms with E-state index in [1.165, 1.54) is 18.4 Å². The van der Waals surface area contributed by atoms with Gasteiger partial charge in [0.15, 0.2) is 0 Å². The molecule has 0 radical (unpaired) electrons. The van der Waals surface area contributed by atoms with E-state index in [1.807, 2.05) is 26.0 Å². The highest BCUT2D eigenvalue weighted by Gasteiger charge is 2.27. The SMILES string of the molecule is CC.COc1nc(-c2ccc(CN)cc2)ccc1C1CC1. The van der Waals surface area contributed by atoms with Crippen molar-refractivity contribution in [3.05, 3.63) is 47.5 Å². The zero-order chi connectivity index (χ0) is 15.2. The number of hydrogen-bond donors (Lipinski definition) is 1. The Bertz CT molecular complexity index is 574. The van der Waals surface area contributed by atoms with Gasteiger partial charge < -0.3 is 10.5 Å². The molecule has 1 aromatic carbocycles. The molecule has 1 heterocycles. The van der Waals surface area contributed by atoms with Gasteiger partial charge in [-0.1, -0.05) is 44.2 Å². The molecule has 1 aliphatic rings. The molecule has 2 aromatic rings. The molecule has 0 bridgehead atoms. The van der Waals surface area contributed by atoms with Crippen LogP contribution in [-0.2, 0) is 6.54 Å². The van der Waals surface area contributed by atoms with Crippen LogP contribution in [0, 0.1) is 0 Å². The number of nitrogens with zero attached hydrogens (tertiary/aromatic N) is 1. The van der Waals surface area contributed by atoms with Crippen molar-refractivity contribution < 1.29 is 4.74 Å². The number of pyridine rings is 1. The third-order valence-corrected chi connectivity index (χ3v) is 3.59. The molecule has 0 unspecified atom stereocenters. The average molecular weight is 284 g/mol. The van der Waals surface area contributed by atoms with Crippen molar-refractivity contribution in [1.82, 2.24) is 4.98 Å². The molecule has 0 saturated heterocycles. The Morgan fingerprint density at radius 3 is 2.29 bits per heavy atom. The number of nitrogens with two attached hydrogens (primary N) is 1. The number of benzene rings is 1. The first-order valence-corrected chi connectivity index (χ1v) is 7.66. The first kappa shape index (κ1) is 15.5. The summed E-state index contributed by atoms with van der Waals surface area (Å²) in [6.07, 6.45) is 2.51. The highest BCUT2D eigenvalue weighted by Crippen LogP contribution is 2.44. The second kappa shape index (κ2) is 7.23. The summed E-state index contributed by atoms with van der Waals surface area (Å²) < 4.78 is 5.42. The molecule has 0 spiro atoms. The molecule has 112 valence electrons. The van der Waals surface area contributed by atoms with E-state index in [2.05, 4.69) is 29.2 Å². The summed E-state index contributed by atoms with van der Waals surface area (Å²) in [5.41, 5.74) is 10.0. The lowest BCUT2D eigenvalue weighted by Crippen LogP contribution is -1.97. The van der Waals surface area contributed by atoms with E-state index in [0.29, 0.717) is 12.5 Å². The first-order chi connectivity index (χ1) is 10.3. The van der Waals surface area contributed by atoms with Gasteiger partial charge >= 0.3 is 0 Å². The number of rotatable bonds is 4. The minimum Gasteiger partial charge on any atom is -0.481 e. The summed E-state index contributed by atoms with van der Waals surface area (Å²) in [5, 5.41) is 0. The predicted octanol–water partition coefficient (Wildman–Crippen LogP) is 4.12. The Labute approximate surface area is 127 Å². The van der Waals surface area contributed by atoms with Crippen molar-refractivity contribution in [2.45, 2.75) is 39.2 Å². The molecule has 0 aliphatic heterocycles. The molecule has 3 nitrogen and oxygen atoms in total. The van der Waals surface area contributed by atoms with Gasteiger partial charge in [-0.05, 0) is 30.4 Å². The van der Waals surface area contributed by atoms with Crippen molar-refractivity contribution in [2.75, 3.05) is 7.11 Å². The molecule has 1 aliphatic carbocycles. The fourth-order valence-electron chi connectivity index (χ4n) is 2.29. The number of methoxy groups -OCH3 is 1. The van der Waals surface area contributed by atoms with E-state index >= 15 is 0 Å². The lowest BCUT2D eigenvalue weighted by atomic mass is 10.1. The third kappa shape index (κ3) is 3.61. The quantitative estimate of drug-likeness (QED) is 0.918. The van der Waals surface area contributed by atoms with Crippen LogP contribution in [0.5, 0.6) is 5.88 Å². The summed E-state index contributed by atoms with van der Waals surface area (Å²) in [7, 11) is 1.69. The summed E-state index contributed by atoms with van der Waals surface area (Å²) in [6.45, 7) is 4.57. The van der Waals surface area contributed by atoms with Crippen molar-refractivity contribution in [2.24, 2.45) is 5.73 Å². The summed E-state index contributed by atoms with van der Waals surface area (Å²) in [4.78, 5) is 4.62. The minimum absolute atomic E-state index is 0.567. The number of ether oxygens (including phenoxy) is 1. The molecular formula is C18H24N2O. The van der Waals surface area contributed by atoms with Gasteiger partial charge in [0.2, 0.25) is 5.88 Å². The fraction of sp³-hybridized carbons (Fsp3) is 0.389. The van der Waals surface area contributed by atoms with Gasteiger partial charge in [0.1, 0.15) is 0 Å². The Hall–Kier alpha value is -1.87. The maximum Gasteiger partial charge on any atom is 0.217 e. The Kier molecular flexibility index (Phi) is 5.34. The zero-order valence-electron chi connectivity index (χ0n) is 13.1. The monoisotopic (exact) mass is 284 g/mol. The zero-order valence-corrected chi connectivity index (χ0v) is 13.1. The molecule has 3 heteroatoms. The van der Waals surface area contributed by atoms with E-state index in [9.17, 15) is 0 Å². The third-order valence-electron chi connectivity index (χ3n) is 3.59. The van der Waals surface area contributed by atoms with Gasteiger partial charge in [-0.3, -0.25) is 0 Å². The van der Waals surface area contributed by atoms with E-state index < -0.39 is 0 Å². The van der Waals surface area contributed by atoms with Gasteiger partial charge in [-0.25, -0.2) is 4.98 Å². The minimum atomic E-state index is 0.567. The lowest BCUT2D eigenvalue weighted by Gasteiger charge is -2.09. The van der Waals surface area contributed by atoms with Crippen molar-refractivity contribution in [3.8, 4) is 17.1 Å².